The van der Waals surface area contributed by atoms with Crippen molar-refractivity contribution in [3.8, 4) is 0 Å². The van der Waals surface area contributed by atoms with Crippen molar-refractivity contribution in [2.45, 2.75) is 66.9 Å². The Morgan fingerprint density at radius 3 is 2.12 bits per heavy atom. The molecule has 0 saturated carbocycles. The third kappa shape index (κ3) is 6.67. The molecule has 17 heavy (non-hydrogen) atoms. The van der Waals surface area contributed by atoms with Gasteiger partial charge in [-0.25, -0.2) is 0 Å². The van der Waals surface area contributed by atoms with Crippen LogP contribution in [-0.4, -0.2) is 23.8 Å². The minimum absolute atomic E-state index is 0.0719. The first-order valence-corrected chi connectivity index (χ1v) is 6.42. The third-order valence-corrected chi connectivity index (χ3v) is 3.25. The van der Waals surface area contributed by atoms with E-state index in [1.807, 2.05) is 0 Å². The Balaban J connectivity index is 4.62. The molecule has 0 aromatic carbocycles. The molecule has 0 aromatic rings. The Bertz CT molecular complexity index is 238. The molecule has 1 N–H and O–H groups in total. The zero-order valence-electron chi connectivity index (χ0n) is 12.2. The van der Waals surface area contributed by atoms with Crippen molar-refractivity contribution < 1.29 is 14.6 Å². The van der Waals surface area contributed by atoms with Crippen molar-refractivity contribution in [3.63, 3.8) is 0 Å². The molecule has 0 aliphatic heterocycles. The van der Waals surface area contributed by atoms with Gasteiger partial charge >= 0.3 is 5.97 Å². The lowest BCUT2D eigenvalue weighted by atomic mass is 9.76. The molecule has 3 nitrogen and oxygen atoms in total. The van der Waals surface area contributed by atoms with Crippen molar-refractivity contribution in [2.24, 2.45) is 10.8 Å². The first-order chi connectivity index (χ1) is 7.62. The van der Waals surface area contributed by atoms with Crippen LogP contribution in [0.3, 0.4) is 0 Å². The smallest absolute Gasteiger partial charge is 0.308 e. The summed E-state index contributed by atoms with van der Waals surface area (Å²) in [5.74, 6) is -0.306. The van der Waals surface area contributed by atoms with Gasteiger partial charge in [-0.05, 0) is 17.3 Å². The maximum Gasteiger partial charge on any atom is 0.308 e. The molecule has 0 rings (SSSR count). The molecular formula is C14H28O3. The summed E-state index contributed by atoms with van der Waals surface area (Å²) in [7, 11) is 0. The minimum Gasteiger partial charge on any atom is -0.462 e. The molecule has 0 spiro atoms. The lowest BCUT2D eigenvalue weighted by Crippen LogP contribution is -2.36. The summed E-state index contributed by atoms with van der Waals surface area (Å²) in [5, 5.41) is 8.73. The highest BCUT2D eigenvalue weighted by Gasteiger charge is 2.33. The van der Waals surface area contributed by atoms with Crippen molar-refractivity contribution in [1.82, 2.24) is 0 Å². The molecule has 0 amide bonds. The van der Waals surface area contributed by atoms with Crippen molar-refractivity contribution in [1.29, 1.82) is 0 Å². The van der Waals surface area contributed by atoms with Gasteiger partial charge < -0.3 is 9.84 Å². The first kappa shape index (κ1) is 16.4. The molecule has 0 saturated heterocycles. The monoisotopic (exact) mass is 244 g/mol. The van der Waals surface area contributed by atoms with Crippen LogP contribution in [-0.2, 0) is 9.53 Å². The van der Waals surface area contributed by atoms with E-state index < -0.39 is 0 Å². The molecule has 0 radical (unpaired) electrons. The van der Waals surface area contributed by atoms with Gasteiger partial charge in [-0.3, -0.25) is 4.79 Å². The zero-order valence-corrected chi connectivity index (χ0v) is 12.2. The van der Waals surface area contributed by atoms with Crippen LogP contribution >= 0.6 is 0 Å². The molecule has 1 unspecified atom stereocenters. The van der Waals surface area contributed by atoms with E-state index in [1.54, 1.807) is 0 Å². The van der Waals surface area contributed by atoms with Crippen LogP contribution in [0.25, 0.3) is 0 Å². The van der Waals surface area contributed by atoms with E-state index >= 15 is 0 Å². The van der Waals surface area contributed by atoms with Gasteiger partial charge in [0.25, 0.3) is 0 Å². The molecule has 1 atom stereocenters. The van der Waals surface area contributed by atoms with Gasteiger partial charge in [0.2, 0.25) is 0 Å². The van der Waals surface area contributed by atoms with Crippen LogP contribution in [0.2, 0.25) is 0 Å². The second kappa shape index (κ2) is 6.39. The fourth-order valence-electron chi connectivity index (χ4n) is 1.48. The lowest BCUT2D eigenvalue weighted by molar-refractivity contribution is -0.157. The molecular weight excluding hydrogens is 216 g/mol. The van der Waals surface area contributed by atoms with Gasteiger partial charge in [0.15, 0.2) is 0 Å². The van der Waals surface area contributed by atoms with E-state index in [0.29, 0.717) is 0 Å². The Labute approximate surface area is 106 Å². The molecule has 0 bridgehead atoms. The molecule has 0 aliphatic carbocycles. The Morgan fingerprint density at radius 2 is 1.76 bits per heavy atom. The number of esters is 1. The Morgan fingerprint density at radius 1 is 1.24 bits per heavy atom. The van der Waals surface area contributed by atoms with Gasteiger partial charge in [-0.2, -0.15) is 0 Å². The van der Waals surface area contributed by atoms with Crippen LogP contribution in [0.4, 0.5) is 0 Å². The SMILES string of the molecule is CCC(C)(C)CC(OC(=O)CCO)C(C)(C)C. The summed E-state index contributed by atoms with van der Waals surface area (Å²) in [4.78, 5) is 11.5. The highest BCUT2D eigenvalue weighted by Crippen LogP contribution is 2.35. The first-order valence-electron chi connectivity index (χ1n) is 6.42. The van der Waals surface area contributed by atoms with Crippen LogP contribution in [0.5, 0.6) is 0 Å². The number of carbonyl (C=O) groups is 1. The fourth-order valence-corrected chi connectivity index (χ4v) is 1.48. The number of hydrogen-bond donors (Lipinski definition) is 1. The second-order valence-electron chi connectivity index (χ2n) is 6.54. The normalized spacial score (nSPS) is 14.5. The third-order valence-electron chi connectivity index (χ3n) is 3.25. The van der Waals surface area contributed by atoms with E-state index in [2.05, 4.69) is 41.5 Å². The molecule has 0 heterocycles. The highest BCUT2D eigenvalue weighted by atomic mass is 16.5. The van der Waals surface area contributed by atoms with E-state index in [4.69, 9.17) is 9.84 Å². The minimum atomic E-state index is -0.306. The Hall–Kier alpha value is -0.570. The zero-order chi connectivity index (χ0) is 13.7. The van der Waals surface area contributed by atoms with E-state index in [0.717, 1.165) is 12.8 Å². The molecule has 3 heteroatoms. The maximum atomic E-state index is 11.5. The number of aliphatic hydroxyl groups is 1. The largest absolute Gasteiger partial charge is 0.462 e. The number of hydrogen-bond acceptors (Lipinski definition) is 3. The van der Waals surface area contributed by atoms with Crippen molar-refractivity contribution >= 4 is 5.97 Å². The summed E-state index contributed by atoms with van der Waals surface area (Å²) in [6.07, 6.45) is 1.89. The summed E-state index contributed by atoms with van der Waals surface area (Å²) in [6.45, 7) is 12.6. The summed E-state index contributed by atoms with van der Waals surface area (Å²) in [5.41, 5.74) is 0.0923. The number of rotatable bonds is 6. The Kier molecular flexibility index (Phi) is 6.17. The van der Waals surface area contributed by atoms with Crippen LogP contribution < -0.4 is 0 Å². The topological polar surface area (TPSA) is 46.5 Å². The molecule has 102 valence electrons. The van der Waals surface area contributed by atoms with Gasteiger partial charge in [-0.15, -0.1) is 0 Å². The molecule has 0 aromatic heterocycles. The number of ether oxygens (including phenoxy) is 1. The van der Waals surface area contributed by atoms with Crippen LogP contribution in [0.1, 0.15) is 60.8 Å². The van der Waals surface area contributed by atoms with Gasteiger partial charge in [-0.1, -0.05) is 48.0 Å². The molecule has 0 fully saturated rings. The van der Waals surface area contributed by atoms with E-state index in [1.165, 1.54) is 0 Å². The predicted molar refractivity (Wildman–Crippen MR) is 69.7 cm³/mol. The standard InChI is InChI=1S/C14H28O3/c1-7-14(5,6)10-11(13(2,3)4)17-12(16)8-9-15/h11,15H,7-10H2,1-6H3. The van der Waals surface area contributed by atoms with Gasteiger partial charge in [0.05, 0.1) is 13.0 Å². The van der Waals surface area contributed by atoms with E-state index in [9.17, 15) is 4.79 Å². The summed E-state index contributed by atoms with van der Waals surface area (Å²) < 4.78 is 5.49. The van der Waals surface area contributed by atoms with Gasteiger partial charge in [0.1, 0.15) is 6.10 Å². The summed E-state index contributed by atoms with van der Waals surface area (Å²) in [6, 6.07) is 0. The quantitative estimate of drug-likeness (QED) is 0.730. The average Bonchev–Trinajstić information content (AvgIpc) is 2.15. The van der Waals surface area contributed by atoms with Crippen LogP contribution in [0.15, 0.2) is 0 Å². The van der Waals surface area contributed by atoms with Crippen LogP contribution in [0, 0.1) is 10.8 Å². The lowest BCUT2D eigenvalue weighted by Gasteiger charge is -2.36. The van der Waals surface area contributed by atoms with E-state index in [-0.39, 0.29) is 35.9 Å². The van der Waals surface area contributed by atoms with Gasteiger partial charge in [0, 0.05) is 0 Å². The number of carbonyl (C=O) groups excluding carboxylic acids is 1. The van der Waals surface area contributed by atoms with Crippen molar-refractivity contribution in [3.05, 3.63) is 0 Å². The highest BCUT2D eigenvalue weighted by molar-refractivity contribution is 5.69. The predicted octanol–water partition coefficient (Wildman–Crippen LogP) is 3.15. The fraction of sp³-hybridized carbons (Fsp3) is 0.929. The van der Waals surface area contributed by atoms with Crippen molar-refractivity contribution in [2.75, 3.05) is 6.61 Å². The second-order valence-corrected chi connectivity index (χ2v) is 6.54. The average molecular weight is 244 g/mol. The number of aliphatic hydroxyl groups excluding tert-OH is 1. The summed E-state index contributed by atoms with van der Waals surface area (Å²) >= 11 is 0. The molecule has 0 aliphatic rings. The maximum absolute atomic E-state index is 11.5.